The molecule has 5 nitrogen and oxygen atoms in total. The summed E-state index contributed by atoms with van der Waals surface area (Å²) in [5.74, 6) is -0.480. The first-order valence-corrected chi connectivity index (χ1v) is 12.8. The molecule has 0 saturated heterocycles. The first-order valence-electron chi connectivity index (χ1n) is 11.2. The Hall–Kier alpha value is -3.55. The Morgan fingerprint density at radius 2 is 1.69 bits per heavy atom. The molecule has 35 heavy (non-hydrogen) atoms. The van der Waals surface area contributed by atoms with Crippen LogP contribution in [-0.4, -0.2) is 17.1 Å². The fourth-order valence-corrected chi connectivity index (χ4v) is 5.37. The van der Waals surface area contributed by atoms with Crippen molar-refractivity contribution >= 4 is 45.0 Å². The lowest BCUT2D eigenvalue weighted by molar-refractivity contribution is -0.138. The quantitative estimate of drug-likeness (QED) is 0.342. The first-order chi connectivity index (χ1) is 17.1. The summed E-state index contributed by atoms with van der Waals surface area (Å²) in [6.45, 7) is 1.99. The van der Waals surface area contributed by atoms with Crippen LogP contribution in [0.25, 0.3) is 11.8 Å². The highest BCUT2D eigenvalue weighted by molar-refractivity contribution is 9.10. The van der Waals surface area contributed by atoms with Gasteiger partial charge in [0.1, 0.15) is 0 Å². The Morgan fingerprint density at radius 1 is 1.03 bits per heavy atom. The van der Waals surface area contributed by atoms with Crippen LogP contribution in [0, 0.1) is 0 Å². The summed E-state index contributed by atoms with van der Waals surface area (Å²) in [5, 5.41) is 0. The van der Waals surface area contributed by atoms with E-state index < -0.39 is 12.0 Å². The van der Waals surface area contributed by atoms with E-state index in [9.17, 15) is 9.59 Å². The van der Waals surface area contributed by atoms with Crippen LogP contribution in [-0.2, 0) is 9.53 Å². The number of hydrogen-bond donors (Lipinski definition) is 0. The van der Waals surface area contributed by atoms with Crippen LogP contribution in [0.5, 0.6) is 0 Å². The molecule has 174 valence electrons. The van der Waals surface area contributed by atoms with Crippen molar-refractivity contribution in [1.29, 1.82) is 0 Å². The van der Waals surface area contributed by atoms with Gasteiger partial charge in [-0.05, 0) is 36.3 Å². The number of ether oxygens (including phenoxy) is 1. The number of fused-ring (bicyclic) bond motifs is 1. The molecular formula is C28H21BrN2O3S. The molecule has 0 unspecified atom stereocenters. The maximum absolute atomic E-state index is 13.7. The number of thiazole rings is 1. The average Bonchev–Trinajstić information content (AvgIpc) is 3.20. The number of benzene rings is 3. The van der Waals surface area contributed by atoms with Crippen LogP contribution >= 0.6 is 27.3 Å². The highest BCUT2D eigenvalue weighted by Crippen LogP contribution is 2.35. The molecule has 3 aromatic carbocycles. The van der Waals surface area contributed by atoms with E-state index >= 15 is 0 Å². The molecule has 7 heteroatoms. The molecule has 0 spiro atoms. The minimum atomic E-state index is -0.659. The topological polar surface area (TPSA) is 60.7 Å². The van der Waals surface area contributed by atoms with Gasteiger partial charge in [0.15, 0.2) is 4.80 Å². The zero-order valence-corrected chi connectivity index (χ0v) is 21.3. The van der Waals surface area contributed by atoms with E-state index in [0.717, 1.165) is 21.2 Å². The lowest BCUT2D eigenvalue weighted by atomic mass is 9.93. The van der Waals surface area contributed by atoms with E-state index in [-0.39, 0.29) is 12.2 Å². The van der Waals surface area contributed by atoms with Gasteiger partial charge in [-0.1, -0.05) is 100 Å². The minimum Gasteiger partial charge on any atom is -0.463 e. The molecule has 2 heterocycles. The van der Waals surface area contributed by atoms with Crippen LogP contribution in [0.15, 0.2) is 105 Å². The van der Waals surface area contributed by atoms with E-state index in [1.165, 1.54) is 11.3 Å². The maximum Gasteiger partial charge on any atom is 0.338 e. The summed E-state index contributed by atoms with van der Waals surface area (Å²) in [6, 6.07) is 26.2. The highest BCUT2D eigenvalue weighted by atomic mass is 79.9. The second-order valence-corrected chi connectivity index (χ2v) is 9.82. The van der Waals surface area contributed by atoms with Gasteiger partial charge in [-0.15, -0.1) is 0 Å². The second kappa shape index (κ2) is 9.98. The monoisotopic (exact) mass is 544 g/mol. The summed E-state index contributed by atoms with van der Waals surface area (Å²) in [4.78, 5) is 32.5. The molecule has 1 aromatic heterocycles. The van der Waals surface area contributed by atoms with Gasteiger partial charge in [-0.3, -0.25) is 9.36 Å². The average molecular weight is 545 g/mol. The van der Waals surface area contributed by atoms with Crippen molar-refractivity contribution in [2.24, 2.45) is 4.99 Å². The number of aromatic nitrogens is 1. The van der Waals surface area contributed by atoms with Gasteiger partial charge in [0, 0.05) is 10.0 Å². The molecule has 1 aliphatic rings. The van der Waals surface area contributed by atoms with Gasteiger partial charge in [0.2, 0.25) is 0 Å². The largest absolute Gasteiger partial charge is 0.463 e. The smallest absolute Gasteiger partial charge is 0.338 e. The zero-order valence-electron chi connectivity index (χ0n) is 18.9. The SMILES string of the molecule is CCOC(=O)C1=C(c2ccccc2)N=c2s/c(=C/c3ccc(Br)cc3)c(=O)n2[C@H]1c1ccccc1. The summed E-state index contributed by atoms with van der Waals surface area (Å²) in [7, 11) is 0. The number of carbonyl (C=O) groups excluding carboxylic acids is 1. The van der Waals surface area contributed by atoms with Crippen molar-refractivity contribution in [3.8, 4) is 0 Å². The molecule has 1 aliphatic heterocycles. The van der Waals surface area contributed by atoms with E-state index in [4.69, 9.17) is 9.73 Å². The van der Waals surface area contributed by atoms with Crippen LogP contribution in [0.4, 0.5) is 0 Å². The third kappa shape index (κ3) is 4.57. The molecule has 0 saturated carbocycles. The first kappa shape index (κ1) is 23.2. The molecular weight excluding hydrogens is 524 g/mol. The van der Waals surface area contributed by atoms with Crippen molar-refractivity contribution < 1.29 is 9.53 Å². The third-order valence-electron chi connectivity index (χ3n) is 5.66. The fourth-order valence-electron chi connectivity index (χ4n) is 4.10. The third-order valence-corrected chi connectivity index (χ3v) is 7.17. The van der Waals surface area contributed by atoms with E-state index in [2.05, 4.69) is 15.9 Å². The normalized spacial score (nSPS) is 15.5. The summed E-state index contributed by atoms with van der Waals surface area (Å²) in [6.07, 6.45) is 1.86. The number of halogens is 1. The Kier molecular flexibility index (Phi) is 6.61. The summed E-state index contributed by atoms with van der Waals surface area (Å²) in [5.41, 5.74) is 3.19. The number of nitrogens with zero attached hydrogens (tertiary/aromatic N) is 2. The minimum absolute atomic E-state index is 0.195. The molecule has 0 bridgehead atoms. The van der Waals surface area contributed by atoms with Gasteiger partial charge in [-0.25, -0.2) is 9.79 Å². The van der Waals surface area contributed by atoms with Gasteiger partial charge < -0.3 is 4.74 Å². The molecule has 0 N–H and O–H groups in total. The molecule has 4 aromatic rings. The van der Waals surface area contributed by atoms with Crippen LogP contribution < -0.4 is 14.9 Å². The molecule has 0 amide bonds. The summed E-state index contributed by atoms with van der Waals surface area (Å²) >= 11 is 4.76. The number of esters is 1. The van der Waals surface area contributed by atoms with Crippen molar-refractivity contribution in [3.05, 3.63) is 131 Å². The Balaban J connectivity index is 1.82. The molecule has 0 aliphatic carbocycles. The molecule has 0 fully saturated rings. The lowest BCUT2D eigenvalue weighted by Crippen LogP contribution is -2.39. The predicted octanol–water partition coefficient (Wildman–Crippen LogP) is 4.70. The number of carbonyl (C=O) groups is 1. The van der Waals surface area contributed by atoms with Crippen molar-refractivity contribution in [1.82, 2.24) is 4.57 Å². The Labute approximate surface area is 214 Å². The number of hydrogen-bond acceptors (Lipinski definition) is 5. The maximum atomic E-state index is 13.7. The Bertz CT molecular complexity index is 1590. The van der Waals surface area contributed by atoms with Gasteiger partial charge >= 0.3 is 5.97 Å². The highest BCUT2D eigenvalue weighted by Gasteiger charge is 2.35. The van der Waals surface area contributed by atoms with Crippen LogP contribution in [0.1, 0.15) is 29.7 Å². The van der Waals surface area contributed by atoms with Crippen LogP contribution in [0.3, 0.4) is 0 Å². The van der Waals surface area contributed by atoms with Gasteiger partial charge in [0.05, 0.1) is 28.5 Å². The van der Waals surface area contributed by atoms with Crippen LogP contribution in [0.2, 0.25) is 0 Å². The van der Waals surface area contributed by atoms with E-state index in [0.29, 0.717) is 20.6 Å². The molecule has 5 rings (SSSR count). The van der Waals surface area contributed by atoms with E-state index in [1.807, 2.05) is 91.0 Å². The standard InChI is InChI=1S/C28H21BrN2O3S/c1-2-34-27(33)23-24(19-9-5-3-6-10-19)30-28-31(25(23)20-11-7-4-8-12-20)26(32)22(35-28)17-18-13-15-21(29)16-14-18/h3-17,25H,2H2,1H3/b22-17+/t25-/m0/s1. The molecule has 1 atom stereocenters. The predicted molar refractivity (Wildman–Crippen MR) is 142 cm³/mol. The van der Waals surface area contributed by atoms with Crippen molar-refractivity contribution in [2.75, 3.05) is 6.61 Å². The van der Waals surface area contributed by atoms with Gasteiger partial charge in [0.25, 0.3) is 5.56 Å². The lowest BCUT2D eigenvalue weighted by Gasteiger charge is -2.25. The second-order valence-electron chi connectivity index (χ2n) is 7.89. The molecule has 0 radical (unpaired) electrons. The van der Waals surface area contributed by atoms with Crippen molar-refractivity contribution in [2.45, 2.75) is 13.0 Å². The Morgan fingerprint density at radius 3 is 2.34 bits per heavy atom. The summed E-state index contributed by atoms with van der Waals surface area (Å²) < 4.78 is 8.60. The van der Waals surface area contributed by atoms with Crippen molar-refractivity contribution in [3.63, 3.8) is 0 Å². The van der Waals surface area contributed by atoms with Gasteiger partial charge in [-0.2, -0.15) is 0 Å². The zero-order chi connectivity index (χ0) is 24.4. The number of rotatable bonds is 5. The fraction of sp³-hybridized carbons (Fsp3) is 0.107. The van der Waals surface area contributed by atoms with E-state index in [1.54, 1.807) is 11.5 Å².